The molecule has 0 saturated heterocycles. The zero-order valence-electron chi connectivity index (χ0n) is 13.5. The summed E-state index contributed by atoms with van der Waals surface area (Å²) < 4.78 is 11.5. The van der Waals surface area contributed by atoms with Crippen LogP contribution in [0.15, 0.2) is 48.5 Å². The molecule has 0 aliphatic rings. The van der Waals surface area contributed by atoms with Gasteiger partial charge in [0.25, 0.3) is 0 Å². The predicted molar refractivity (Wildman–Crippen MR) is 92.8 cm³/mol. The van der Waals surface area contributed by atoms with Gasteiger partial charge in [-0.25, -0.2) is 4.98 Å². The molecule has 0 spiro atoms. The Hall–Kier alpha value is -2.75. The van der Waals surface area contributed by atoms with E-state index >= 15 is 0 Å². The highest BCUT2D eigenvalue weighted by molar-refractivity contribution is 5.74. The second-order valence-electron chi connectivity index (χ2n) is 5.31. The molecule has 2 aromatic carbocycles. The van der Waals surface area contributed by atoms with Crippen LogP contribution in [0.3, 0.4) is 0 Å². The fourth-order valence-corrected chi connectivity index (χ4v) is 2.49. The minimum Gasteiger partial charge on any atom is -0.493 e. The second kappa shape index (κ2) is 6.57. The van der Waals surface area contributed by atoms with E-state index in [-0.39, 0.29) is 6.10 Å². The lowest BCUT2D eigenvalue weighted by molar-refractivity contribution is 0.208. The summed E-state index contributed by atoms with van der Waals surface area (Å²) >= 11 is 0. The van der Waals surface area contributed by atoms with Gasteiger partial charge in [-0.05, 0) is 43.7 Å². The number of rotatable bonds is 5. The number of para-hydroxylation sites is 2. The summed E-state index contributed by atoms with van der Waals surface area (Å²) in [6, 6.07) is 13.8. The molecule has 1 atom stereocenters. The van der Waals surface area contributed by atoms with E-state index in [1.54, 1.807) is 7.11 Å². The Balaban J connectivity index is 1.85. The maximum absolute atomic E-state index is 6.04. The van der Waals surface area contributed by atoms with Crippen molar-refractivity contribution in [2.75, 3.05) is 7.11 Å². The molecule has 118 valence electrons. The van der Waals surface area contributed by atoms with Gasteiger partial charge in [0.1, 0.15) is 5.82 Å². The molecule has 1 aromatic heterocycles. The number of aromatic amines is 1. The fraction of sp³-hybridized carbons (Fsp3) is 0.211. The molecule has 23 heavy (non-hydrogen) atoms. The van der Waals surface area contributed by atoms with Crippen LogP contribution in [0, 0.1) is 0 Å². The van der Waals surface area contributed by atoms with Gasteiger partial charge in [0.2, 0.25) is 0 Å². The van der Waals surface area contributed by atoms with E-state index in [1.165, 1.54) is 0 Å². The molecule has 1 N–H and O–H groups in total. The first kappa shape index (κ1) is 15.2. The summed E-state index contributed by atoms with van der Waals surface area (Å²) in [5.41, 5.74) is 3.02. The average molecular weight is 308 g/mol. The highest BCUT2D eigenvalue weighted by Crippen LogP contribution is 2.32. The van der Waals surface area contributed by atoms with Crippen LogP contribution >= 0.6 is 0 Å². The topological polar surface area (TPSA) is 47.1 Å². The van der Waals surface area contributed by atoms with Gasteiger partial charge in [0.05, 0.1) is 18.1 Å². The molecule has 4 nitrogen and oxygen atoms in total. The van der Waals surface area contributed by atoms with Crippen LogP contribution in [0.5, 0.6) is 11.5 Å². The highest BCUT2D eigenvalue weighted by atomic mass is 16.5. The molecule has 0 amide bonds. The third kappa shape index (κ3) is 3.21. The standard InChI is InChI=1S/C19H20N2O2/c1-4-7-14-10-11-17(18(12-14)22-3)23-13(2)19-20-15-8-5-6-9-16(15)21-19/h4-13H,1-3H3,(H,20,21)/b7-4+/t13-/m1/s1. The number of hydrogen-bond acceptors (Lipinski definition) is 3. The minimum atomic E-state index is -0.205. The Morgan fingerprint density at radius 3 is 2.70 bits per heavy atom. The Morgan fingerprint density at radius 2 is 1.96 bits per heavy atom. The molecule has 0 unspecified atom stereocenters. The summed E-state index contributed by atoms with van der Waals surface area (Å²) in [6.07, 6.45) is 3.81. The lowest BCUT2D eigenvalue weighted by Crippen LogP contribution is -2.06. The first-order valence-electron chi connectivity index (χ1n) is 7.63. The van der Waals surface area contributed by atoms with Crippen LogP contribution in [0.25, 0.3) is 17.1 Å². The first-order valence-corrected chi connectivity index (χ1v) is 7.63. The van der Waals surface area contributed by atoms with Crippen molar-refractivity contribution >= 4 is 17.1 Å². The highest BCUT2D eigenvalue weighted by Gasteiger charge is 2.15. The lowest BCUT2D eigenvalue weighted by Gasteiger charge is -2.15. The normalized spacial score (nSPS) is 12.7. The van der Waals surface area contributed by atoms with Gasteiger partial charge < -0.3 is 14.5 Å². The van der Waals surface area contributed by atoms with Gasteiger partial charge >= 0.3 is 0 Å². The zero-order chi connectivity index (χ0) is 16.2. The molecule has 0 bridgehead atoms. The number of fused-ring (bicyclic) bond motifs is 1. The largest absolute Gasteiger partial charge is 0.493 e. The summed E-state index contributed by atoms with van der Waals surface area (Å²) in [5.74, 6) is 2.21. The number of allylic oxidation sites excluding steroid dienone is 1. The second-order valence-corrected chi connectivity index (χ2v) is 5.31. The molecule has 3 aromatic rings. The quantitative estimate of drug-likeness (QED) is 0.740. The number of benzene rings is 2. The number of imidazole rings is 1. The molecule has 3 rings (SSSR count). The van der Waals surface area contributed by atoms with Crippen LogP contribution in [-0.2, 0) is 0 Å². The van der Waals surface area contributed by atoms with Gasteiger partial charge in [-0.2, -0.15) is 0 Å². The zero-order valence-corrected chi connectivity index (χ0v) is 13.5. The summed E-state index contributed by atoms with van der Waals surface area (Å²) in [5, 5.41) is 0. The molecule has 0 saturated carbocycles. The van der Waals surface area contributed by atoms with Crippen LogP contribution in [0.2, 0.25) is 0 Å². The van der Waals surface area contributed by atoms with Crippen molar-refractivity contribution in [2.24, 2.45) is 0 Å². The SMILES string of the molecule is C/C=C/c1ccc(O[C@H](C)c2nc3ccccc3[nH]2)c(OC)c1. The van der Waals surface area contributed by atoms with Crippen LogP contribution < -0.4 is 9.47 Å². The average Bonchev–Trinajstić information content (AvgIpc) is 3.00. The number of nitrogens with one attached hydrogen (secondary N) is 1. The molecular formula is C19H20N2O2. The number of hydrogen-bond donors (Lipinski definition) is 1. The third-order valence-electron chi connectivity index (χ3n) is 3.64. The van der Waals surface area contributed by atoms with Gasteiger partial charge in [-0.1, -0.05) is 30.4 Å². The number of ether oxygens (including phenoxy) is 2. The van der Waals surface area contributed by atoms with Crippen molar-refractivity contribution in [1.29, 1.82) is 0 Å². The fourth-order valence-electron chi connectivity index (χ4n) is 2.49. The molecular weight excluding hydrogens is 288 g/mol. The minimum absolute atomic E-state index is 0.205. The summed E-state index contributed by atoms with van der Waals surface area (Å²) in [7, 11) is 1.65. The summed E-state index contributed by atoms with van der Waals surface area (Å²) in [4.78, 5) is 7.88. The van der Waals surface area contributed by atoms with Crippen molar-refractivity contribution < 1.29 is 9.47 Å². The van der Waals surface area contributed by atoms with Crippen molar-refractivity contribution in [3.05, 3.63) is 59.9 Å². The first-order chi connectivity index (χ1) is 11.2. The van der Waals surface area contributed by atoms with Crippen LogP contribution in [0.1, 0.15) is 31.3 Å². The smallest absolute Gasteiger partial charge is 0.162 e. The van der Waals surface area contributed by atoms with Gasteiger partial charge in [0.15, 0.2) is 17.6 Å². The van der Waals surface area contributed by atoms with E-state index in [0.717, 1.165) is 22.4 Å². The third-order valence-corrected chi connectivity index (χ3v) is 3.64. The Morgan fingerprint density at radius 1 is 1.13 bits per heavy atom. The van der Waals surface area contributed by atoms with E-state index in [1.807, 2.05) is 68.5 Å². The Bertz CT molecular complexity index is 803. The van der Waals surface area contributed by atoms with E-state index in [9.17, 15) is 0 Å². The van der Waals surface area contributed by atoms with Crippen molar-refractivity contribution in [3.8, 4) is 11.5 Å². The molecule has 0 aliphatic heterocycles. The monoisotopic (exact) mass is 308 g/mol. The van der Waals surface area contributed by atoms with E-state index in [0.29, 0.717) is 11.5 Å². The van der Waals surface area contributed by atoms with Crippen molar-refractivity contribution in [2.45, 2.75) is 20.0 Å². The van der Waals surface area contributed by atoms with E-state index in [4.69, 9.17) is 9.47 Å². The van der Waals surface area contributed by atoms with Crippen molar-refractivity contribution in [1.82, 2.24) is 9.97 Å². The molecule has 0 radical (unpaired) electrons. The number of aromatic nitrogens is 2. The van der Waals surface area contributed by atoms with Gasteiger partial charge in [0, 0.05) is 0 Å². The molecule has 0 fully saturated rings. The van der Waals surface area contributed by atoms with E-state index in [2.05, 4.69) is 9.97 Å². The van der Waals surface area contributed by atoms with Crippen molar-refractivity contribution in [3.63, 3.8) is 0 Å². The van der Waals surface area contributed by atoms with Crippen LogP contribution in [-0.4, -0.2) is 17.1 Å². The lowest BCUT2D eigenvalue weighted by atomic mass is 10.2. The number of nitrogens with zero attached hydrogens (tertiary/aromatic N) is 1. The summed E-state index contributed by atoms with van der Waals surface area (Å²) in [6.45, 7) is 3.96. The Kier molecular flexibility index (Phi) is 4.33. The maximum Gasteiger partial charge on any atom is 0.162 e. The predicted octanol–water partition coefficient (Wildman–Crippen LogP) is 4.74. The van der Waals surface area contributed by atoms with Crippen LogP contribution in [0.4, 0.5) is 0 Å². The van der Waals surface area contributed by atoms with Gasteiger partial charge in [-0.3, -0.25) is 0 Å². The molecule has 1 heterocycles. The molecule has 4 heteroatoms. The molecule has 0 aliphatic carbocycles. The van der Waals surface area contributed by atoms with E-state index < -0.39 is 0 Å². The number of H-pyrrole nitrogens is 1. The maximum atomic E-state index is 6.04. The van der Waals surface area contributed by atoms with Gasteiger partial charge in [-0.15, -0.1) is 0 Å². The Labute approximate surface area is 135 Å². The number of methoxy groups -OCH3 is 1.